The zero-order valence-corrected chi connectivity index (χ0v) is 8.33. The standard InChI is InChI=1S/C11H16O2/c1-4-11(2,3)9-7-8(12)5-6-10(9)13/h5-7,12-13H,4H2,1-3H3. The Labute approximate surface area is 78.8 Å². The van der Waals surface area contributed by atoms with Gasteiger partial charge in [-0.25, -0.2) is 0 Å². The van der Waals surface area contributed by atoms with Gasteiger partial charge in [0.05, 0.1) is 0 Å². The van der Waals surface area contributed by atoms with Gasteiger partial charge in [-0.3, -0.25) is 0 Å². The molecule has 0 heterocycles. The van der Waals surface area contributed by atoms with Crippen LogP contribution in [0.15, 0.2) is 18.2 Å². The van der Waals surface area contributed by atoms with Crippen LogP contribution in [0.1, 0.15) is 32.8 Å². The highest BCUT2D eigenvalue weighted by Gasteiger charge is 2.21. The molecular weight excluding hydrogens is 164 g/mol. The molecule has 0 atom stereocenters. The van der Waals surface area contributed by atoms with E-state index < -0.39 is 0 Å². The maximum atomic E-state index is 9.59. The van der Waals surface area contributed by atoms with E-state index in [1.165, 1.54) is 12.1 Å². The quantitative estimate of drug-likeness (QED) is 0.687. The molecule has 0 aromatic heterocycles. The first-order valence-corrected chi connectivity index (χ1v) is 4.50. The molecule has 0 unspecified atom stereocenters. The molecule has 2 heteroatoms. The van der Waals surface area contributed by atoms with Gasteiger partial charge >= 0.3 is 0 Å². The summed E-state index contributed by atoms with van der Waals surface area (Å²) in [4.78, 5) is 0. The second-order valence-electron chi connectivity index (χ2n) is 3.94. The van der Waals surface area contributed by atoms with Gasteiger partial charge in [0, 0.05) is 5.56 Å². The molecule has 2 nitrogen and oxygen atoms in total. The number of hydrogen-bond donors (Lipinski definition) is 2. The molecule has 1 aromatic carbocycles. The first kappa shape index (κ1) is 9.90. The highest BCUT2D eigenvalue weighted by Crippen LogP contribution is 2.35. The van der Waals surface area contributed by atoms with Crippen LogP contribution in [-0.4, -0.2) is 10.2 Å². The van der Waals surface area contributed by atoms with Crippen molar-refractivity contribution in [3.05, 3.63) is 23.8 Å². The van der Waals surface area contributed by atoms with Crippen molar-refractivity contribution < 1.29 is 10.2 Å². The van der Waals surface area contributed by atoms with Crippen LogP contribution in [0, 0.1) is 0 Å². The molecule has 0 aliphatic rings. The lowest BCUT2D eigenvalue weighted by molar-refractivity contribution is 0.419. The third kappa shape index (κ3) is 1.94. The zero-order chi connectivity index (χ0) is 10.1. The van der Waals surface area contributed by atoms with Crippen LogP contribution in [0.25, 0.3) is 0 Å². The second-order valence-corrected chi connectivity index (χ2v) is 3.94. The number of hydrogen-bond acceptors (Lipinski definition) is 2. The fourth-order valence-corrected chi connectivity index (χ4v) is 1.26. The van der Waals surface area contributed by atoms with Gasteiger partial charge in [0.1, 0.15) is 11.5 Å². The Kier molecular flexibility index (Phi) is 2.50. The minimum absolute atomic E-state index is 0.0944. The Hall–Kier alpha value is -1.18. The lowest BCUT2D eigenvalue weighted by Gasteiger charge is -2.24. The topological polar surface area (TPSA) is 40.5 Å². The summed E-state index contributed by atoms with van der Waals surface area (Å²) in [5.74, 6) is 0.457. The van der Waals surface area contributed by atoms with E-state index in [9.17, 15) is 10.2 Å². The predicted octanol–water partition coefficient (Wildman–Crippen LogP) is 2.79. The van der Waals surface area contributed by atoms with Gasteiger partial charge in [-0.2, -0.15) is 0 Å². The van der Waals surface area contributed by atoms with E-state index in [0.717, 1.165) is 12.0 Å². The molecule has 0 aliphatic heterocycles. The van der Waals surface area contributed by atoms with Gasteiger partial charge in [-0.1, -0.05) is 20.8 Å². The van der Waals surface area contributed by atoms with Crippen molar-refractivity contribution in [1.82, 2.24) is 0 Å². The van der Waals surface area contributed by atoms with Gasteiger partial charge in [-0.15, -0.1) is 0 Å². The summed E-state index contributed by atoms with van der Waals surface area (Å²) in [5, 5.41) is 18.9. The number of aromatic hydroxyl groups is 2. The molecule has 0 amide bonds. The third-order valence-electron chi connectivity index (χ3n) is 2.59. The Bertz CT molecular complexity index is 303. The Morgan fingerprint density at radius 2 is 1.85 bits per heavy atom. The second kappa shape index (κ2) is 3.29. The summed E-state index contributed by atoms with van der Waals surface area (Å²) in [5.41, 5.74) is 0.707. The first-order chi connectivity index (χ1) is 5.97. The van der Waals surface area contributed by atoms with E-state index in [1.807, 2.05) is 13.8 Å². The minimum Gasteiger partial charge on any atom is -0.508 e. The number of phenols is 2. The summed E-state index contributed by atoms with van der Waals surface area (Å²) in [6.45, 7) is 6.15. The molecule has 0 saturated carbocycles. The van der Waals surface area contributed by atoms with E-state index in [-0.39, 0.29) is 16.9 Å². The van der Waals surface area contributed by atoms with Gasteiger partial charge in [0.2, 0.25) is 0 Å². The van der Waals surface area contributed by atoms with E-state index in [0.29, 0.717) is 0 Å². The van der Waals surface area contributed by atoms with Crippen LogP contribution in [-0.2, 0) is 5.41 Å². The smallest absolute Gasteiger partial charge is 0.119 e. The van der Waals surface area contributed by atoms with Crippen LogP contribution < -0.4 is 0 Å². The fourth-order valence-electron chi connectivity index (χ4n) is 1.26. The van der Waals surface area contributed by atoms with Crippen LogP contribution in [0.3, 0.4) is 0 Å². The molecule has 0 spiro atoms. The highest BCUT2D eigenvalue weighted by molar-refractivity contribution is 5.42. The van der Waals surface area contributed by atoms with Crippen molar-refractivity contribution >= 4 is 0 Å². The Morgan fingerprint density at radius 1 is 1.23 bits per heavy atom. The largest absolute Gasteiger partial charge is 0.508 e. The predicted molar refractivity (Wildman–Crippen MR) is 53.1 cm³/mol. The summed E-state index contributed by atoms with van der Waals surface area (Å²) < 4.78 is 0. The van der Waals surface area contributed by atoms with Crippen molar-refractivity contribution in [2.75, 3.05) is 0 Å². The fraction of sp³-hybridized carbons (Fsp3) is 0.455. The average molecular weight is 180 g/mol. The SMILES string of the molecule is CCC(C)(C)c1cc(O)ccc1O. The molecule has 72 valence electrons. The van der Waals surface area contributed by atoms with Crippen molar-refractivity contribution in [2.24, 2.45) is 0 Å². The van der Waals surface area contributed by atoms with Crippen LogP contribution >= 0.6 is 0 Å². The van der Waals surface area contributed by atoms with Crippen LogP contribution in [0.2, 0.25) is 0 Å². The van der Waals surface area contributed by atoms with Crippen molar-refractivity contribution in [3.8, 4) is 11.5 Å². The molecule has 0 saturated heterocycles. The Morgan fingerprint density at radius 3 is 2.38 bits per heavy atom. The van der Waals surface area contributed by atoms with Gasteiger partial charge in [-0.05, 0) is 30.0 Å². The maximum absolute atomic E-state index is 9.59. The highest BCUT2D eigenvalue weighted by atomic mass is 16.3. The summed E-state index contributed by atoms with van der Waals surface area (Å²) >= 11 is 0. The molecule has 0 aliphatic carbocycles. The zero-order valence-electron chi connectivity index (χ0n) is 8.33. The molecule has 0 fully saturated rings. The van der Waals surface area contributed by atoms with Crippen LogP contribution in [0.4, 0.5) is 0 Å². The normalized spacial score (nSPS) is 11.6. The molecule has 0 bridgehead atoms. The first-order valence-electron chi connectivity index (χ1n) is 4.50. The van der Waals surface area contributed by atoms with Crippen molar-refractivity contribution in [3.63, 3.8) is 0 Å². The minimum atomic E-state index is -0.0944. The number of benzene rings is 1. The Balaban J connectivity index is 3.20. The van der Waals surface area contributed by atoms with Crippen molar-refractivity contribution in [2.45, 2.75) is 32.6 Å². The van der Waals surface area contributed by atoms with Gasteiger partial charge < -0.3 is 10.2 Å². The molecule has 2 N–H and O–H groups in total. The molecule has 13 heavy (non-hydrogen) atoms. The van der Waals surface area contributed by atoms with Crippen molar-refractivity contribution in [1.29, 1.82) is 0 Å². The van der Waals surface area contributed by atoms with E-state index in [4.69, 9.17) is 0 Å². The van der Waals surface area contributed by atoms with Crippen LogP contribution in [0.5, 0.6) is 11.5 Å². The molecule has 1 rings (SSSR count). The third-order valence-corrected chi connectivity index (χ3v) is 2.59. The van der Waals surface area contributed by atoms with E-state index in [1.54, 1.807) is 6.07 Å². The number of phenolic OH excluding ortho intramolecular Hbond substituents is 2. The monoisotopic (exact) mass is 180 g/mol. The van der Waals surface area contributed by atoms with Gasteiger partial charge in [0.25, 0.3) is 0 Å². The van der Waals surface area contributed by atoms with E-state index in [2.05, 4.69) is 6.92 Å². The van der Waals surface area contributed by atoms with E-state index >= 15 is 0 Å². The molecule has 1 aromatic rings. The van der Waals surface area contributed by atoms with Gasteiger partial charge in [0.15, 0.2) is 0 Å². The summed E-state index contributed by atoms with van der Waals surface area (Å²) in [6, 6.07) is 4.64. The summed E-state index contributed by atoms with van der Waals surface area (Å²) in [7, 11) is 0. The molecular formula is C11H16O2. The lowest BCUT2D eigenvalue weighted by atomic mass is 9.81. The molecule has 0 radical (unpaired) electrons. The maximum Gasteiger partial charge on any atom is 0.119 e. The average Bonchev–Trinajstić information content (AvgIpc) is 2.09. The lowest BCUT2D eigenvalue weighted by Crippen LogP contribution is -2.15. The summed E-state index contributed by atoms with van der Waals surface area (Å²) in [6.07, 6.45) is 0.921. The number of rotatable bonds is 2.